The maximum Gasteiger partial charge on any atom is 0.248 e. The minimum absolute atomic E-state index is 0.151. The third-order valence-electron chi connectivity index (χ3n) is 2.03. The molecule has 0 saturated heterocycles. The molecule has 3 heteroatoms. The lowest BCUT2D eigenvalue weighted by atomic mass is 10.2. The number of hydrogen-bond donors (Lipinski definition) is 1. The molecule has 0 aliphatic rings. The highest BCUT2D eigenvalue weighted by Gasteiger charge is 2.04. The van der Waals surface area contributed by atoms with E-state index in [1.54, 1.807) is 18.2 Å². The summed E-state index contributed by atoms with van der Waals surface area (Å²) in [7, 11) is 0. The first-order valence-electron chi connectivity index (χ1n) is 4.70. The van der Waals surface area contributed by atoms with E-state index in [0.29, 0.717) is 11.3 Å². The Hall–Kier alpha value is -1.51. The fraction of sp³-hybridized carbons (Fsp3) is 0.364. The second-order valence-corrected chi connectivity index (χ2v) is 3.23. The summed E-state index contributed by atoms with van der Waals surface area (Å²) in [6, 6.07) is 6.91. The zero-order valence-corrected chi connectivity index (χ0v) is 8.49. The Balaban J connectivity index is 2.78. The lowest BCUT2D eigenvalue weighted by Gasteiger charge is -2.12. The molecule has 0 spiro atoms. The van der Waals surface area contributed by atoms with E-state index in [2.05, 4.69) is 0 Å². The molecule has 3 nitrogen and oxygen atoms in total. The van der Waals surface area contributed by atoms with Gasteiger partial charge in [-0.25, -0.2) is 0 Å². The number of ether oxygens (including phenoxy) is 1. The monoisotopic (exact) mass is 193 g/mol. The number of carbonyl (C=O) groups is 1. The topological polar surface area (TPSA) is 52.3 Å². The molecule has 0 radical (unpaired) electrons. The second-order valence-electron chi connectivity index (χ2n) is 3.23. The molecule has 0 bridgehead atoms. The third-order valence-corrected chi connectivity index (χ3v) is 2.03. The molecule has 2 N–H and O–H groups in total. The van der Waals surface area contributed by atoms with Gasteiger partial charge < -0.3 is 10.5 Å². The molecule has 1 aromatic carbocycles. The molecule has 0 aliphatic heterocycles. The SMILES string of the molecule is CC[C@@H](C)Oc1cccc(C(N)=O)c1. The van der Waals surface area contributed by atoms with Gasteiger partial charge in [-0.2, -0.15) is 0 Å². The van der Waals surface area contributed by atoms with Gasteiger partial charge in [-0.15, -0.1) is 0 Å². The summed E-state index contributed by atoms with van der Waals surface area (Å²) in [6.45, 7) is 4.03. The molecule has 0 aromatic heterocycles. The molecule has 0 saturated carbocycles. The zero-order valence-electron chi connectivity index (χ0n) is 8.49. The molecule has 1 aromatic rings. The lowest BCUT2D eigenvalue weighted by Crippen LogP contribution is -2.13. The minimum atomic E-state index is -0.431. The number of benzene rings is 1. The van der Waals surface area contributed by atoms with Crippen LogP contribution in [0.15, 0.2) is 24.3 Å². The number of hydrogen-bond acceptors (Lipinski definition) is 2. The van der Waals surface area contributed by atoms with Gasteiger partial charge in [0.15, 0.2) is 0 Å². The summed E-state index contributed by atoms with van der Waals surface area (Å²) >= 11 is 0. The van der Waals surface area contributed by atoms with Gasteiger partial charge in [0.1, 0.15) is 5.75 Å². The maximum absolute atomic E-state index is 10.9. The van der Waals surface area contributed by atoms with E-state index >= 15 is 0 Å². The van der Waals surface area contributed by atoms with Crippen LogP contribution in [0.3, 0.4) is 0 Å². The van der Waals surface area contributed by atoms with Crippen molar-refractivity contribution in [1.82, 2.24) is 0 Å². The Morgan fingerprint density at radius 3 is 2.86 bits per heavy atom. The van der Waals surface area contributed by atoms with Crippen LogP contribution < -0.4 is 10.5 Å². The highest BCUT2D eigenvalue weighted by Crippen LogP contribution is 2.15. The smallest absolute Gasteiger partial charge is 0.248 e. The minimum Gasteiger partial charge on any atom is -0.491 e. The molecule has 76 valence electrons. The van der Waals surface area contributed by atoms with Crippen LogP contribution in [0.4, 0.5) is 0 Å². The van der Waals surface area contributed by atoms with Crippen LogP contribution >= 0.6 is 0 Å². The number of rotatable bonds is 4. The van der Waals surface area contributed by atoms with E-state index in [1.165, 1.54) is 0 Å². The highest BCUT2D eigenvalue weighted by molar-refractivity contribution is 5.93. The van der Waals surface area contributed by atoms with Crippen LogP contribution in [0, 0.1) is 0 Å². The van der Waals surface area contributed by atoms with E-state index in [1.807, 2.05) is 19.9 Å². The summed E-state index contributed by atoms with van der Waals surface area (Å²) in [5.74, 6) is 0.259. The number of primary amides is 1. The van der Waals surface area contributed by atoms with Gasteiger partial charge in [0.05, 0.1) is 6.10 Å². The molecular weight excluding hydrogens is 178 g/mol. The van der Waals surface area contributed by atoms with Crippen molar-refractivity contribution in [2.45, 2.75) is 26.4 Å². The van der Waals surface area contributed by atoms with Gasteiger partial charge in [0.2, 0.25) is 5.91 Å². The van der Waals surface area contributed by atoms with E-state index in [0.717, 1.165) is 6.42 Å². The molecule has 0 fully saturated rings. The Kier molecular flexibility index (Phi) is 3.51. The lowest BCUT2D eigenvalue weighted by molar-refractivity contribution is 0.0999. The average Bonchev–Trinajstić information content (AvgIpc) is 2.18. The quantitative estimate of drug-likeness (QED) is 0.794. The van der Waals surface area contributed by atoms with Crippen molar-refractivity contribution in [1.29, 1.82) is 0 Å². The standard InChI is InChI=1S/C11H15NO2/c1-3-8(2)14-10-6-4-5-9(7-10)11(12)13/h4-8H,3H2,1-2H3,(H2,12,13)/t8-/m1/s1. The van der Waals surface area contributed by atoms with Crippen LogP contribution in [-0.2, 0) is 0 Å². The predicted octanol–water partition coefficient (Wildman–Crippen LogP) is 1.96. The molecule has 0 aliphatic carbocycles. The van der Waals surface area contributed by atoms with Crippen molar-refractivity contribution in [2.24, 2.45) is 5.73 Å². The van der Waals surface area contributed by atoms with Gasteiger partial charge in [-0.3, -0.25) is 4.79 Å². The Morgan fingerprint density at radius 2 is 2.29 bits per heavy atom. The molecular formula is C11H15NO2. The predicted molar refractivity (Wildman–Crippen MR) is 55.3 cm³/mol. The van der Waals surface area contributed by atoms with Crippen molar-refractivity contribution in [2.75, 3.05) is 0 Å². The fourth-order valence-corrected chi connectivity index (χ4v) is 1.04. The van der Waals surface area contributed by atoms with Gasteiger partial charge in [-0.05, 0) is 31.5 Å². The van der Waals surface area contributed by atoms with E-state index in [4.69, 9.17) is 10.5 Å². The van der Waals surface area contributed by atoms with Crippen molar-refractivity contribution in [3.63, 3.8) is 0 Å². The summed E-state index contributed by atoms with van der Waals surface area (Å²) in [6.07, 6.45) is 1.08. The van der Waals surface area contributed by atoms with Crippen LogP contribution in [0.5, 0.6) is 5.75 Å². The van der Waals surface area contributed by atoms with E-state index in [9.17, 15) is 4.79 Å². The fourth-order valence-electron chi connectivity index (χ4n) is 1.04. The van der Waals surface area contributed by atoms with Gasteiger partial charge in [-0.1, -0.05) is 13.0 Å². The first-order valence-corrected chi connectivity index (χ1v) is 4.70. The summed E-state index contributed by atoms with van der Waals surface area (Å²) in [5.41, 5.74) is 5.63. The molecule has 1 rings (SSSR count). The molecule has 14 heavy (non-hydrogen) atoms. The first-order chi connectivity index (χ1) is 6.63. The summed E-state index contributed by atoms with van der Waals surface area (Å²) < 4.78 is 5.55. The van der Waals surface area contributed by atoms with Crippen molar-refractivity contribution in [3.8, 4) is 5.75 Å². The second kappa shape index (κ2) is 4.65. The maximum atomic E-state index is 10.9. The largest absolute Gasteiger partial charge is 0.491 e. The Bertz CT molecular complexity index is 323. The number of carbonyl (C=O) groups excluding carboxylic acids is 1. The molecule has 0 unspecified atom stereocenters. The number of amides is 1. The molecule has 1 amide bonds. The molecule has 0 heterocycles. The van der Waals surface area contributed by atoms with Crippen LogP contribution in [0.25, 0.3) is 0 Å². The first kappa shape index (κ1) is 10.6. The van der Waals surface area contributed by atoms with Crippen LogP contribution in [0.2, 0.25) is 0 Å². The molecule has 1 atom stereocenters. The van der Waals surface area contributed by atoms with Gasteiger partial charge >= 0.3 is 0 Å². The van der Waals surface area contributed by atoms with E-state index in [-0.39, 0.29) is 6.10 Å². The van der Waals surface area contributed by atoms with Gasteiger partial charge in [0.25, 0.3) is 0 Å². The highest BCUT2D eigenvalue weighted by atomic mass is 16.5. The number of nitrogens with two attached hydrogens (primary N) is 1. The summed E-state index contributed by atoms with van der Waals surface area (Å²) in [5, 5.41) is 0. The van der Waals surface area contributed by atoms with Crippen molar-refractivity contribution in [3.05, 3.63) is 29.8 Å². The van der Waals surface area contributed by atoms with Gasteiger partial charge in [0, 0.05) is 5.56 Å². The average molecular weight is 193 g/mol. The zero-order chi connectivity index (χ0) is 10.6. The van der Waals surface area contributed by atoms with Crippen molar-refractivity contribution < 1.29 is 9.53 Å². The normalized spacial score (nSPS) is 12.1. The van der Waals surface area contributed by atoms with Crippen LogP contribution in [-0.4, -0.2) is 12.0 Å². The Morgan fingerprint density at radius 1 is 1.57 bits per heavy atom. The summed E-state index contributed by atoms with van der Waals surface area (Å²) in [4.78, 5) is 10.9. The van der Waals surface area contributed by atoms with Crippen LogP contribution in [0.1, 0.15) is 30.6 Å². The Labute approximate surface area is 83.9 Å². The van der Waals surface area contributed by atoms with E-state index < -0.39 is 5.91 Å². The van der Waals surface area contributed by atoms with Crippen molar-refractivity contribution >= 4 is 5.91 Å². The third kappa shape index (κ3) is 2.76.